The number of fused-ring (bicyclic) bond motifs is 1. The van der Waals surface area contributed by atoms with E-state index >= 15 is 0 Å². The SMILES string of the molecule is CN(C)C(=O)C(C#N)=Cc1cn(Cc2ccc(Cl)cc2)c2ccccc12. The summed E-state index contributed by atoms with van der Waals surface area (Å²) in [7, 11) is 3.27. The van der Waals surface area contributed by atoms with Gasteiger partial charge in [-0.15, -0.1) is 0 Å². The van der Waals surface area contributed by atoms with Crippen LogP contribution in [0.25, 0.3) is 17.0 Å². The van der Waals surface area contributed by atoms with Gasteiger partial charge in [0.15, 0.2) is 0 Å². The quantitative estimate of drug-likeness (QED) is 0.511. The van der Waals surface area contributed by atoms with Gasteiger partial charge in [0, 0.05) is 48.3 Å². The summed E-state index contributed by atoms with van der Waals surface area (Å²) in [5.74, 6) is -0.304. The first-order valence-electron chi connectivity index (χ1n) is 8.15. The van der Waals surface area contributed by atoms with E-state index in [9.17, 15) is 10.1 Å². The van der Waals surface area contributed by atoms with E-state index in [0.29, 0.717) is 11.6 Å². The molecule has 0 atom stereocenters. The molecule has 0 radical (unpaired) electrons. The van der Waals surface area contributed by atoms with Crippen molar-refractivity contribution in [2.45, 2.75) is 6.54 Å². The van der Waals surface area contributed by atoms with Crippen molar-refractivity contribution in [1.82, 2.24) is 9.47 Å². The second-order valence-electron chi connectivity index (χ2n) is 6.23. The third-order valence-corrected chi connectivity index (χ3v) is 4.39. The zero-order valence-corrected chi connectivity index (χ0v) is 15.4. The maximum absolute atomic E-state index is 12.2. The summed E-state index contributed by atoms with van der Waals surface area (Å²) < 4.78 is 2.11. The van der Waals surface area contributed by atoms with Crippen LogP contribution in [-0.2, 0) is 11.3 Å². The van der Waals surface area contributed by atoms with Crippen molar-refractivity contribution in [2.75, 3.05) is 14.1 Å². The Balaban J connectivity index is 2.06. The number of benzene rings is 2. The molecule has 1 aromatic heterocycles. The first kappa shape index (κ1) is 17.8. The molecule has 4 nitrogen and oxygen atoms in total. The summed E-state index contributed by atoms with van der Waals surface area (Å²) in [5, 5.41) is 11.1. The normalized spacial score (nSPS) is 11.4. The molecular weight excluding hydrogens is 346 g/mol. The van der Waals surface area contributed by atoms with Gasteiger partial charge >= 0.3 is 0 Å². The number of aromatic nitrogens is 1. The molecule has 3 rings (SSSR count). The van der Waals surface area contributed by atoms with E-state index in [2.05, 4.69) is 4.57 Å². The van der Waals surface area contributed by atoms with Gasteiger partial charge in [-0.05, 0) is 29.8 Å². The number of hydrogen-bond donors (Lipinski definition) is 0. The molecule has 5 heteroatoms. The zero-order valence-electron chi connectivity index (χ0n) is 14.6. The fourth-order valence-corrected chi connectivity index (χ4v) is 2.97. The summed E-state index contributed by atoms with van der Waals surface area (Å²) >= 11 is 5.96. The third-order valence-electron chi connectivity index (χ3n) is 4.14. The molecule has 0 spiro atoms. The van der Waals surface area contributed by atoms with Crippen LogP contribution in [0.1, 0.15) is 11.1 Å². The van der Waals surface area contributed by atoms with Gasteiger partial charge in [0.05, 0.1) is 0 Å². The Kier molecular flexibility index (Phi) is 5.11. The lowest BCUT2D eigenvalue weighted by molar-refractivity contribution is -0.124. The highest BCUT2D eigenvalue weighted by atomic mass is 35.5. The average molecular weight is 364 g/mol. The van der Waals surface area contributed by atoms with Gasteiger partial charge in [-0.3, -0.25) is 4.79 Å². The Morgan fingerprint density at radius 3 is 2.54 bits per heavy atom. The molecule has 0 saturated carbocycles. The van der Waals surface area contributed by atoms with Crippen LogP contribution >= 0.6 is 11.6 Å². The van der Waals surface area contributed by atoms with Crippen molar-refractivity contribution in [2.24, 2.45) is 0 Å². The van der Waals surface area contributed by atoms with Crippen LogP contribution in [0.4, 0.5) is 0 Å². The molecule has 26 heavy (non-hydrogen) atoms. The van der Waals surface area contributed by atoms with Gasteiger partial charge in [-0.25, -0.2) is 0 Å². The monoisotopic (exact) mass is 363 g/mol. The maximum Gasteiger partial charge on any atom is 0.264 e. The Bertz CT molecular complexity index is 1020. The Hall–Kier alpha value is -3.03. The number of amides is 1. The molecule has 0 unspecified atom stereocenters. The first-order valence-corrected chi connectivity index (χ1v) is 8.53. The summed E-state index contributed by atoms with van der Waals surface area (Å²) in [4.78, 5) is 13.6. The highest BCUT2D eigenvalue weighted by molar-refractivity contribution is 6.30. The number of halogens is 1. The largest absolute Gasteiger partial charge is 0.344 e. The fourth-order valence-electron chi connectivity index (χ4n) is 2.85. The van der Waals surface area contributed by atoms with Crippen LogP contribution in [0, 0.1) is 11.3 Å². The molecule has 0 aliphatic carbocycles. The van der Waals surface area contributed by atoms with Gasteiger partial charge in [0.25, 0.3) is 5.91 Å². The van der Waals surface area contributed by atoms with Crippen molar-refractivity contribution in [3.63, 3.8) is 0 Å². The molecular formula is C21H18ClN3O. The van der Waals surface area contributed by atoms with E-state index in [1.807, 2.05) is 60.8 Å². The molecule has 0 N–H and O–H groups in total. The van der Waals surface area contributed by atoms with E-state index in [-0.39, 0.29) is 11.5 Å². The van der Waals surface area contributed by atoms with Crippen molar-refractivity contribution in [1.29, 1.82) is 5.26 Å². The Morgan fingerprint density at radius 1 is 1.19 bits per heavy atom. The molecule has 3 aromatic rings. The van der Waals surface area contributed by atoms with Gasteiger partial charge < -0.3 is 9.47 Å². The minimum Gasteiger partial charge on any atom is -0.344 e. The molecule has 0 fully saturated rings. The standard InChI is InChI=1S/C21H18ClN3O/c1-24(2)21(26)16(12-23)11-17-14-25(20-6-4-3-5-19(17)20)13-15-7-9-18(22)10-8-15/h3-11,14H,13H2,1-2H3. The summed E-state index contributed by atoms with van der Waals surface area (Å²) in [6.45, 7) is 0.676. The van der Waals surface area contributed by atoms with Crippen molar-refractivity contribution in [3.8, 4) is 6.07 Å². The van der Waals surface area contributed by atoms with Crippen LogP contribution in [0.2, 0.25) is 5.02 Å². The topological polar surface area (TPSA) is 49.0 Å². The number of hydrogen-bond acceptors (Lipinski definition) is 2. The minimum absolute atomic E-state index is 0.115. The first-order chi connectivity index (χ1) is 12.5. The summed E-state index contributed by atoms with van der Waals surface area (Å²) in [6, 6.07) is 17.7. The van der Waals surface area contributed by atoms with Crippen LogP contribution in [-0.4, -0.2) is 29.5 Å². The molecule has 0 saturated heterocycles. The molecule has 130 valence electrons. The average Bonchev–Trinajstić information content (AvgIpc) is 2.98. The predicted molar refractivity (Wildman–Crippen MR) is 105 cm³/mol. The number of para-hydroxylation sites is 1. The molecule has 0 bridgehead atoms. The summed E-state index contributed by atoms with van der Waals surface area (Å²) in [5.41, 5.74) is 3.13. The lowest BCUT2D eigenvalue weighted by Crippen LogP contribution is -2.22. The van der Waals surface area contributed by atoms with Gasteiger partial charge in [-0.2, -0.15) is 5.26 Å². The number of nitrogens with zero attached hydrogens (tertiary/aromatic N) is 3. The lowest BCUT2D eigenvalue weighted by atomic mass is 10.1. The van der Waals surface area contributed by atoms with E-state index in [1.54, 1.807) is 20.2 Å². The predicted octanol–water partition coefficient (Wildman–Crippen LogP) is 4.34. The minimum atomic E-state index is -0.304. The van der Waals surface area contributed by atoms with Crippen LogP contribution < -0.4 is 0 Å². The van der Waals surface area contributed by atoms with Crippen LogP contribution in [0.3, 0.4) is 0 Å². The van der Waals surface area contributed by atoms with Crippen LogP contribution in [0.15, 0.2) is 60.3 Å². The highest BCUT2D eigenvalue weighted by Gasteiger charge is 2.14. The van der Waals surface area contributed by atoms with E-state index < -0.39 is 0 Å². The molecule has 0 aliphatic rings. The number of rotatable bonds is 4. The number of nitriles is 1. The molecule has 0 aliphatic heterocycles. The molecule has 1 amide bonds. The van der Waals surface area contributed by atoms with E-state index in [4.69, 9.17) is 11.6 Å². The fraction of sp³-hybridized carbons (Fsp3) is 0.143. The van der Waals surface area contributed by atoms with Gasteiger partial charge in [0.1, 0.15) is 11.6 Å². The highest BCUT2D eigenvalue weighted by Crippen LogP contribution is 2.25. The molecule has 1 heterocycles. The van der Waals surface area contributed by atoms with E-state index in [0.717, 1.165) is 22.0 Å². The second kappa shape index (κ2) is 7.47. The maximum atomic E-state index is 12.2. The third kappa shape index (κ3) is 3.63. The number of carbonyl (C=O) groups is 1. The number of carbonyl (C=O) groups excluding carboxylic acids is 1. The van der Waals surface area contributed by atoms with Gasteiger partial charge in [-0.1, -0.05) is 41.9 Å². The van der Waals surface area contributed by atoms with Crippen molar-refractivity contribution < 1.29 is 4.79 Å². The Morgan fingerprint density at radius 2 is 1.88 bits per heavy atom. The molecule has 2 aromatic carbocycles. The van der Waals surface area contributed by atoms with Crippen molar-refractivity contribution in [3.05, 3.63) is 76.5 Å². The Labute approximate surface area is 157 Å². The second-order valence-corrected chi connectivity index (χ2v) is 6.66. The number of likely N-dealkylation sites (N-methyl/N-ethyl adjacent to an activating group) is 1. The zero-order chi connectivity index (χ0) is 18.7. The van der Waals surface area contributed by atoms with Crippen molar-refractivity contribution >= 4 is 34.5 Å². The van der Waals surface area contributed by atoms with Crippen LogP contribution in [0.5, 0.6) is 0 Å². The van der Waals surface area contributed by atoms with E-state index in [1.165, 1.54) is 4.90 Å². The smallest absolute Gasteiger partial charge is 0.264 e. The van der Waals surface area contributed by atoms with Gasteiger partial charge in [0.2, 0.25) is 0 Å². The summed E-state index contributed by atoms with van der Waals surface area (Å²) in [6.07, 6.45) is 3.63. The lowest BCUT2D eigenvalue weighted by Gasteiger charge is -2.08.